The van der Waals surface area contributed by atoms with Gasteiger partial charge >= 0.3 is 0 Å². The Kier molecular flexibility index (Phi) is 5.11. The number of ether oxygens (including phenoxy) is 1. The number of benzene rings is 1. The molecule has 1 aliphatic carbocycles. The van der Waals surface area contributed by atoms with Gasteiger partial charge in [-0.25, -0.2) is 13.1 Å². The molecule has 0 aromatic heterocycles. The minimum Gasteiger partial charge on any atom is -0.492 e. The summed E-state index contributed by atoms with van der Waals surface area (Å²) < 4.78 is 33.4. The van der Waals surface area contributed by atoms with Crippen LogP contribution in [0.4, 0.5) is 5.69 Å². The van der Waals surface area contributed by atoms with Crippen molar-refractivity contribution in [2.45, 2.75) is 50.5 Å². The maximum absolute atomic E-state index is 12.6. The number of nitrogens with one attached hydrogen (secondary N) is 1. The monoisotopic (exact) mass is 312 g/mol. The van der Waals surface area contributed by atoms with Crippen molar-refractivity contribution in [3.63, 3.8) is 0 Å². The first-order chi connectivity index (χ1) is 9.96. The van der Waals surface area contributed by atoms with Gasteiger partial charge in [0.15, 0.2) is 0 Å². The average Bonchev–Trinajstić information content (AvgIpc) is 3.24. The zero-order valence-corrected chi connectivity index (χ0v) is 13.4. The van der Waals surface area contributed by atoms with Crippen LogP contribution in [0, 0.1) is 5.92 Å². The van der Waals surface area contributed by atoms with Crippen molar-refractivity contribution < 1.29 is 13.2 Å². The maximum atomic E-state index is 12.6. The van der Waals surface area contributed by atoms with Crippen LogP contribution in [0.5, 0.6) is 5.75 Å². The van der Waals surface area contributed by atoms with E-state index in [9.17, 15) is 8.42 Å². The average molecular weight is 312 g/mol. The summed E-state index contributed by atoms with van der Waals surface area (Å²) in [5.74, 6) is 1.02. The molecule has 1 fully saturated rings. The third kappa shape index (κ3) is 4.35. The van der Waals surface area contributed by atoms with Gasteiger partial charge in [-0.1, -0.05) is 19.8 Å². The molecule has 0 bridgehead atoms. The minimum absolute atomic E-state index is 0.0293. The summed E-state index contributed by atoms with van der Waals surface area (Å²) in [6.45, 7) is 4.23. The normalized spacial score (nSPS) is 16.7. The molecule has 6 heteroatoms. The van der Waals surface area contributed by atoms with Gasteiger partial charge in [0.25, 0.3) is 0 Å². The Hall–Kier alpha value is -1.27. The lowest BCUT2D eigenvalue weighted by Gasteiger charge is -2.18. The lowest BCUT2D eigenvalue weighted by Crippen LogP contribution is -2.35. The number of hydrogen-bond acceptors (Lipinski definition) is 4. The molecule has 5 nitrogen and oxygen atoms in total. The predicted molar refractivity (Wildman–Crippen MR) is 83.8 cm³/mol. The van der Waals surface area contributed by atoms with E-state index in [1.54, 1.807) is 12.1 Å². The maximum Gasteiger partial charge on any atom is 0.244 e. The van der Waals surface area contributed by atoms with Crippen LogP contribution in [0.2, 0.25) is 0 Å². The van der Waals surface area contributed by atoms with Crippen molar-refractivity contribution in [3.05, 3.63) is 18.2 Å². The second-order valence-electron chi connectivity index (χ2n) is 5.54. The molecule has 3 N–H and O–H groups in total. The van der Waals surface area contributed by atoms with Gasteiger partial charge in [0.1, 0.15) is 10.6 Å². The molecule has 1 aromatic carbocycles. The van der Waals surface area contributed by atoms with Crippen LogP contribution in [0.3, 0.4) is 0 Å². The summed E-state index contributed by atoms with van der Waals surface area (Å²) in [7, 11) is -3.62. The standard InChI is InChI=1S/C15H24N2O3S/c1-3-13(9-11-5-6-11)17-21(18,19)15-10-12(16)7-8-14(15)20-4-2/h7-8,10-11,13,17H,3-6,9,16H2,1-2H3. The Labute approximate surface area is 126 Å². The van der Waals surface area contributed by atoms with E-state index in [2.05, 4.69) is 4.72 Å². The van der Waals surface area contributed by atoms with Gasteiger partial charge in [-0.05, 0) is 43.9 Å². The number of rotatable bonds is 8. The first-order valence-electron chi connectivity index (χ1n) is 7.51. The molecule has 1 aromatic rings. The molecule has 0 amide bonds. The van der Waals surface area contributed by atoms with Gasteiger partial charge in [-0.15, -0.1) is 0 Å². The van der Waals surface area contributed by atoms with Gasteiger partial charge in [0, 0.05) is 11.7 Å². The second-order valence-corrected chi connectivity index (χ2v) is 7.23. The van der Waals surface area contributed by atoms with E-state index in [-0.39, 0.29) is 10.9 Å². The summed E-state index contributed by atoms with van der Waals surface area (Å²) in [4.78, 5) is 0.124. The van der Waals surface area contributed by atoms with Gasteiger partial charge in [0.05, 0.1) is 6.61 Å². The molecule has 1 unspecified atom stereocenters. The van der Waals surface area contributed by atoms with Crippen LogP contribution in [-0.2, 0) is 10.0 Å². The van der Waals surface area contributed by atoms with Gasteiger partial charge in [-0.2, -0.15) is 0 Å². The molecular formula is C15H24N2O3S. The summed E-state index contributed by atoms with van der Waals surface area (Å²) in [6, 6.07) is 4.68. The number of nitrogen functional groups attached to an aromatic ring is 1. The van der Waals surface area contributed by atoms with Crippen molar-refractivity contribution in [1.29, 1.82) is 0 Å². The quantitative estimate of drug-likeness (QED) is 0.723. The molecule has 21 heavy (non-hydrogen) atoms. The van der Waals surface area contributed by atoms with Crippen LogP contribution in [0.15, 0.2) is 23.1 Å². The molecule has 0 saturated heterocycles. The fourth-order valence-corrected chi connectivity index (χ4v) is 3.86. The summed E-state index contributed by atoms with van der Waals surface area (Å²) in [5, 5.41) is 0. The number of hydrogen-bond donors (Lipinski definition) is 2. The SMILES string of the molecule is CCOc1ccc(N)cc1S(=O)(=O)NC(CC)CC1CC1. The van der Waals surface area contributed by atoms with E-state index in [0.29, 0.717) is 24.0 Å². The fraction of sp³-hybridized carbons (Fsp3) is 0.600. The largest absolute Gasteiger partial charge is 0.492 e. The highest BCUT2D eigenvalue weighted by Gasteiger charge is 2.29. The second kappa shape index (κ2) is 6.66. The first kappa shape index (κ1) is 16.1. The molecule has 0 radical (unpaired) electrons. The molecule has 1 saturated carbocycles. The predicted octanol–water partition coefficient (Wildman–Crippen LogP) is 2.52. The van der Waals surface area contributed by atoms with E-state index >= 15 is 0 Å². The molecule has 0 heterocycles. The van der Waals surface area contributed by atoms with Crippen molar-refractivity contribution in [3.8, 4) is 5.75 Å². The lowest BCUT2D eigenvalue weighted by molar-refractivity contribution is 0.331. The van der Waals surface area contributed by atoms with Crippen LogP contribution in [0.1, 0.15) is 39.5 Å². The van der Waals surface area contributed by atoms with E-state index in [4.69, 9.17) is 10.5 Å². The zero-order valence-electron chi connectivity index (χ0n) is 12.6. The summed E-state index contributed by atoms with van der Waals surface area (Å²) >= 11 is 0. The molecule has 1 aliphatic rings. The molecule has 118 valence electrons. The summed E-state index contributed by atoms with van der Waals surface area (Å²) in [5.41, 5.74) is 6.14. The highest BCUT2D eigenvalue weighted by Crippen LogP contribution is 2.34. The van der Waals surface area contributed by atoms with Gasteiger partial charge < -0.3 is 10.5 Å². The number of anilines is 1. The highest BCUT2D eigenvalue weighted by atomic mass is 32.2. The lowest BCUT2D eigenvalue weighted by atomic mass is 10.1. The number of sulfonamides is 1. The highest BCUT2D eigenvalue weighted by molar-refractivity contribution is 7.89. The Morgan fingerprint density at radius 3 is 2.67 bits per heavy atom. The molecule has 1 atom stereocenters. The van der Waals surface area contributed by atoms with Crippen LogP contribution < -0.4 is 15.2 Å². The van der Waals surface area contributed by atoms with E-state index < -0.39 is 10.0 Å². The van der Waals surface area contributed by atoms with Crippen LogP contribution >= 0.6 is 0 Å². The third-order valence-corrected chi connectivity index (χ3v) is 5.23. The Morgan fingerprint density at radius 1 is 1.38 bits per heavy atom. The Morgan fingerprint density at radius 2 is 2.10 bits per heavy atom. The van der Waals surface area contributed by atoms with Gasteiger partial charge in [0.2, 0.25) is 10.0 Å². The first-order valence-corrected chi connectivity index (χ1v) is 8.99. The zero-order chi connectivity index (χ0) is 15.5. The minimum atomic E-state index is -3.62. The van der Waals surface area contributed by atoms with E-state index in [0.717, 1.165) is 12.8 Å². The van der Waals surface area contributed by atoms with E-state index in [1.165, 1.54) is 18.9 Å². The molecule has 0 aliphatic heterocycles. The van der Waals surface area contributed by atoms with Crippen LogP contribution in [0.25, 0.3) is 0 Å². The Bertz CT molecular complexity index is 583. The molecular weight excluding hydrogens is 288 g/mol. The Balaban J connectivity index is 2.22. The molecule has 2 rings (SSSR count). The number of nitrogens with two attached hydrogens (primary N) is 1. The van der Waals surface area contributed by atoms with Crippen molar-refractivity contribution in [1.82, 2.24) is 4.72 Å². The topological polar surface area (TPSA) is 81.4 Å². The van der Waals surface area contributed by atoms with Crippen LogP contribution in [-0.4, -0.2) is 21.1 Å². The fourth-order valence-electron chi connectivity index (χ4n) is 2.35. The smallest absolute Gasteiger partial charge is 0.244 e. The van der Waals surface area contributed by atoms with Crippen molar-refractivity contribution >= 4 is 15.7 Å². The summed E-state index contributed by atoms with van der Waals surface area (Å²) in [6.07, 6.45) is 4.10. The van der Waals surface area contributed by atoms with Gasteiger partial charge in [-0.3, -0.25) is 0 Å². The third-order valence-electron chi connectivity index (χ3n) is 3.69. The van der Waals surface area contributed by atoms with E-state index in [1.807, 2.05) is 13.8 Å². The molecule has 0 spiro atoms. The van der Waals surface area contributed by atoms with Crippen molar-refractivity contribution in [2.24, 2.45) is 5.92 Å². The van der Waals surface area contributed by atoms with Crippen molar-refractivity contribution in [2.75, 3.05) is 12.3 Å².